The summed E-state index contributed by atoms with van der Waals surface area (Å²) in [4.78, 5) is 33.1. The molecule has 2 fully saturated rings. The van der Waals surface area contributed by atoms with Crippen LogP contribution in [0.1, 0.15) is 17.2 Å². The van der Waals surface area contributed by atoms with Crippen LogP contribution in [-0.4, -0.2) is 29.5 Å². The van der Waals surface area contributed by atoms with Crippen LogP contribution in [0.4, 0.5) is 5.69 Å². The summed E-state index contributed by atoms with van der Waals surface area (Å²) < 4.78 is 0. The van der Waals surface area contributed by atoms with Crippen LogP contribution >= 0.6 is 0 Å². The van der Waals surface area contributed by atoms with Crippen LogP contribution in [0.3, 0.4) is 0 Å². The minimum absolute atomic E-state index is 0.166. The second-order valence-electron chi connectivity index (χ2n) is 6.43. The van der Waals surface area contributed by atoms with Gasteiger partial charge in [-0.3, -0.25) is 14.4 Å². The van der Waals surface area contributed by atoms with Gasteiger partial charge in [-0.2, -0.15) is 5.06 Å². The highest BCUT2D eigenvalue weighted by Gasteiger charge is 2.60. The molecule has 5 nitrogen and oxygen atoms in total. The van der Waals surface area contributed by atoms with E-state index >= 15 is 0 Å². The summed E-state index contributed by atoms with van der Waals surface area (Å²) in [6, 6.07) is 17.0. The molecule has 24 heavy (non-hydrogen) atoms. The van der Waals surface area contributed by atoms with Gasteiger partial charge in [-0.15, -0.1) is 0 Å². The lowest BCUT2D eigenvalue weighted by Gasteiger charge is -2.32. The zero-order chi connectivity index (χ0) is 16.3. The van der Waals surface area contributed by atoms with Crippen molar-refractivity contribution < 1.29 is 14.4 Å². The summed E-state index contributed by atoms with van der Waals surface area (Å²) in [5.74, 6) is -0.900. The maximum absolute atomic E-state index is 13.1. The molecule has 2 aromatic carbocycles. The molecule has 120 valence electrons. The molecule has 0 aliphatic carbocycles. The van der Waals surface area contributed by atoms with Crippen molar-refractivity contribution >= 4 is 17.5 Å². The number of fused-ring (bicyclic) bond motifs is 5. The van der Waals surface area contributed by atoms with Crippen LogP contribution in [0, 0.1) is 5.92 Å². The number of carbonyl (C=O) groups is 2. The van der Waals surface area contributed by atoms with Crippen LogP contribution in [0.5, 0.6) is 0 Å². The van der Waals surface area contributed by atoms with Crippen molar-refractivity contribution in [2.24, 2.45) is 5.92 Å². The van der Waals surface area contributed by atoms with Gasteiger partial charge in [-0.05, 0) is 29.7 Å². The van der Waals surface area contributed by atoms with Gasteiger partial charge in [-0.25, -0.2) is 4.90 Å². The molecular weight excluding hydrogens is 304 g/mol. The van der Waals surface area contributed by atoms with Gasteiger partial charge >= 0.3 is 0 Å². The summed E-state index contributed by atoms with van der Waals surface area (Å²) >= 11 is 0. The molecule has 0 unspecified atom stereocenters. The molecule has 0 radical (unpaired) electrons. The molecular formula is C19H16N2O3. The molecule has 3 aliphatic heterocycles. The predicted octanol–water partition coefficient (Wildman–Crippen LogP) is 2.09. The van der Waals surface area contributed by atoms with E-state index in [4.69, 9.17) is 4.84 Å². The highest BCUT2D eigenvalue weighted by Crippen LogP contribution is 2.48. The third-order valence-corrected chi connectivity index (χ3v) is 5.18. The number of hydroxylamine groups is 2. The average molecular weight is 320 g/mol. The fraction of sp³-hybridized carbons (Fsp3) is 0.263. The molecule has 5 rings (SSSR count). The lowest BCUT2D eigenvalue weighted by molar-refractivity contribution is -0.174. The Morgan fingerprint density at radius 2 is 1.67 bits per heavy atom. The Kier molecular flexibility index (Phi) is 2.89. The smallest absolute Gasteiger partial charge is 0.265 e. The van der Waals surface area contributed by atoms with Crippen LogP contribution in [0.2, 0.25) is 0 Å². The van der Waals surface area contributed by atoms with Crippen LogP contribution in [0.25, 0.3) is 0 Å². The van der Waals surface area contributed by atoms with Crippen molar-refractivity contribution in [2.45, 2.75) is 18.6 Å². The lowest BCUT2D eigenvalue weighted by atomic mass is 9.85. The Hall–Kier alpha value is -2.50. The number of carbonyl (C=O) groups excluding carboxylic acids is 2. The Balaban J connectivity index is 1.58. The first kappa shape index (κ1) is 13.9. The van der Waals surface area contributed by atoms with Crippen molar-refractivity contribution in [3.63, 3.8) is 0 Å². The third kappa shape index (κ3) is 1.76. The summed E-state index contributed by atoms with van der Waals surface area (Å²) in [5.41, 5.74) is 2.95. The predicted molar refractivity (Wildman–Crippen MR) is 86.9 cm³/mol. The maximum Gasteiger partial charge on any atom is 0.265 e. The number of imide groups is 1. The molecule has 2 aromatic rings. The van der Waals surface area contributed by atoms with Crippen molar-refractivity contribution in [2.75, 3.05) is 11.4 Å². The van der Waals surface area contributed by atoms with Gasteiger partial charge < -0.3 is 0 Å². The number of rotatable bonds is 1. The zero-order valence-corrected chi connectivity index (χ0v) is 13.0. The summed E-state index contributed by atoms with van der Waals surface area (Å²) in [5, 5.41) is 1.83. The Morgan fingerprint density at radius 3 is 2.50 bits per heavy atom. The van der Waals surface area contributed by atoms with Crippen LogP contribution in [0.15, 0.2) is 54.6 Å². The lowest BCUT2D eigenvalue weighted by Crippen LogP contribution is -2.39. The quantitative estimate of drug-likeness (QED) is 0.755. The minimum Gasteiger partial charge on any atom is -0.284 e. The molecule has 3 aliphatic rings. The van der Waals surface area contributed by atoms with Gasteiger partial charge in [0, 0.05) is 6.54 Å². The van der Waals surface area contributed by atoms with E-state index in [1.54, 1.807) is 12.1 Å². The minimum atomic E-state index is -0.714. The summed E-state index contributed by atoms with van der Waals surface area (Å²) in [6.07, 6.45) is 0.158. The van der Waals surface area contributed by atoms with E-state index in [2.05, 4.69) is 6.07 Å². The van der Waals surface area contributed by atoms with E-state index in [0.717, 1.165) is 12.0 Å². The zero-order valence-electron chi connectivity index (χ0n) is 13.0. The fourth-order valence-corrected chi connectivity index (χ4v) is 4.12. The van der Waals surface area contributed by atoms with E-state index in [9.17, 15) is 9.59 Å². The second kappa shape index (κ2) is 5.00. The summed E-state index contributed by atoms with van der Waals surface area (Å²) in [7, 11) is 0. The number of hydrogen-bond acceptors (Lipinski definition) is 4. The number of benzene rings is 2. The first-order valence-corrected chi connectivity index (χ1v) is 8.20. The molecule has 0 aromatic heterocycles. The van der Waals surface area contributed by atoms with Crippen molar-refractivity contribution in [1.29, 1.82) is 0 Å². The van der Waals surface area contributed by atoms with Gasteiger partial charge in [0.05, 0.1) is 17.6 Å². The highest BCUT2D eigenvalue weighted by atomic mass is 16.7. The largest absolute Gasteiger partial charge is 0.284 e. The second-order valence-corrected chi connectivity index (χ2v) is 6.43. The topological polar surface area (TPSA) is 49.9 Å². The average Bonchev–Trinajstić information content (AvgIpc) is 3.12. The maximum atomic E-state index is 13.1. The normalized spacial score (nSPS) is 28.7. The van der Waals surface area contributed by atoms with Gasteiger partial charge in [0.1, 0.15) is 0 Å². The van der Waals surface area contributed by atoms with E-state index in [1.165, 1.54) is 10.5 Å². The standard InChI is InChI=1S/C19H16N2O3/c22-18-15-16-14-9-5-4-6-12(14)10-11-20(16)24-17(15)19(23)21(18)13-7-2-1-3-8-13/h1-9,15-17H,10-11H2/t15-,16-,17-/m1/s1. The number of amides is 2. The van der Waals surface area contributed by atoms with Gasteiger partial charge in [0.2, 0.25) is 5.91 Å². The third-order valence-electron chi connectivity index (χ3n) is 5.18. The van der Waals surface area contributed by atoms with Crippen molar-refractivity contribution in [3.8, 4) is 0 Å². The molecule has 0 saturated carbocycles. The fourth-order valence-electron chi connectivity index (χ4n) is 4.12. The SMILES string of the molecule is O=C1[C@@H]2[C@H]3c4ccccc4CCN3O[C@H]2C(=O)N1c1ccccc1. The van der Waals surface area contributed by atoms with Crippen molar-refractivity contribution in [1.82, 2.24) is 5.06 Å². The first-order valence-electron chi connectivity index (χ1n) is 8.20. The first-order chi connectivity index (χ1) is 11.8. The highest BCUT2D eigenvalue weighted by molar-refractivity contribution is 6.23. The molecule has 0 N–H and O–H groups in total. The molecule has 5 heteroatoms. The molecule has 0 spiro atoms. The van der Waals surface area contributed by atoms with E-state index in [0.29, 0.717) is 12.2 Å². The monoisotopic (exact) mass is 320 g/mol. The van der Waals surface area contributed by atoms with Crippen molar-refractivity contribution in [3.05, 3.63) is 65.7 Å². The Labute approximate surface area is 139 Å². The van der Waals surface area contributed by atoms with Gasteiger partial charge in [0.25, 0.3) is 5.91 Å². The Bertz CT molecular complexity index is 836. The molecule has 2 amide bonds. The number of nitrogens with zero attached hydrogens (tertiary/aromatic N) is 2. The number of para-hydroxylation sites is 1. The molecule has 3 heterocycles. The summed E-state index contributed by atoms with van der Waals surface area (Å²) in [6.45, 7) is 0.709. The number of hydrogen-bond donors (Lipinski definition) is 0. The van der Waals surface area contributed by atoms with Gasteiger partial charge in [-0.1, -0.05) is 42.5 Å². The van der Waals surface area contributed by atoms with Gasteiger partial charge in [0.15, 0.2) is 6.10 Å². The molecule has 2 saturated heterocycles. The van der Waals surface area contributed by atoms with E-state index in [1.807, 2.05) is 41.5 Å². The van der Waals surface area contributed by atoms with Crippen LogP contribution < -0.4 is 4.90 Å². The van der Waals surface area contributed by atoms with E-state index < -0.39 is 12.0 Å². The van der Waals surface area contributed by atoms with Crippen LogP contribution in [-0.2, 0) is 20.8 Å². The molecule has 0 bridgehead atoms. The Morgan fingerprint density at radius 1 is 0.917 bits per heavy atom. The molecule has 3 atom stereocenters. The number of anilines is 1. The van der Waals surface area contributed by atoms with E-state index in [-0.39, 0.29) is 17.9 Å².